The number of benzene rings is 3. The van der Waals surface area contributed by atoms with E-state index in [1.54, 1.807) is 16.6 Å². The number of hydrogen-bond donors (Lipinski definition) is 0. The maximum atomic E-state index is 4.70. The molecule has 5 rings (SSSR count). The lowest BCUT2D eigenvalue weighted by Gasteiger charge is -2.09. The van der Waals surface area contributed by atoms with Crippen molar-refractivity contribution in [2.45, 2.75) is 30.7 Å². The number of tetrazole rings is 1. The highest BCUT2D eigenvalue weighted by Gasteiger charge is 2.19. The number of thioether (sulfide) groups is 1. The minimum absolute atomic E-state index is 0.576. The minimum Gasteiger partial charge on any atom is -0.226 e. The van der Waals surface area contributed by atoms with Crippen molar-refractivity contribution in [3.8, 4) is 17.1 Å². The van der Waals surface area contributed by atoms with Crippen LogP contribution >= 0.6 is 11.8 Å². The first-order valence-electron chi connectivity index (χ1n) is 11.0. The summed E-state index contributed by atoms with van der Waals surface area (Å²) in [5.41, 5.74) is 5.59. The number of nitrogens with zero attached hydrogens (tertiary/aromatic N) is 6. The Kier molecular flexibility index (Phi) is 6.30. The largest absolute Gasteiger partial charge is 0.226 e. The van der Waals surface area contributed by atoms with Crippen molar-refractivity contribution in [3.05, 3.63) is 108 Å². The van der Waals surface area contributed by atoms with Crippen molar-refractivity contribution < 1.29 is 0 Å². The highest BCUT2D eigenvalue weighted by Crippen LogP contribution is 2.33. The van der Waals surface area contributed by atoms with Gasteiger partial charge in [0.25, 0.3) is 0 Å². The van der Waals surface area contributed by atoms with Gasteiger partial charge in [0.15, 0.2) is 0 Å². The minimum atomic E-state index is 0.576. The van der Waals surface area contributed by atoms with Crippen LogP contribution in [0.4, 0.5) is 0 Å². The fourth-order valence-corrected chi connectivity index (χ4v) is 4.65. The van der Waals surface area contributed by atoms with Crippen molar-refractivity contribution in [2.75, 3.05) is 0 Å². The number of aromatic nitrogens is 6. The molecule has 3 aromatic carbocycles. The predicted molar refractivity (Wildman–Crippen MR) is 131 cm³/mol. The molecule has 0 unspecified atom stereocenters. The van der Waals surface area contributed by atoms with Crippen LogP contribution in [0.25, 0.3) is 17.1 Å². The van der Waals surface area contributed by atoms with Crippen molar-refractivity contribution in [1.29, 1.82) is 0 Å². The van der Waals surface area contributed by atoms with E-state index in [2.05, 4.69) is 83.0 Å². The summed E-state index contributed by atoms with van der Waals surface area (Å²) in [6.07, 6.45) is 2.85. The average Bonchev–Trinajstić information content (AvgIpc) is 3.51. The standard InChI is InChI=1S/C26H24N6S/c1-2-20-13-15-23(16-14-20)32-26(33-19-22-11-7-4-8-12-22)24(17-27-32)25-28-30-31(29-25)18-21-9-5-3-6-10-21/h3-17H,2,18-19H2,1H3. The quantitative estimate of drug-likeness (QED) is 0.294. The van der Waals surface area contributed by atoms with E-state index in [1.165, 1.54) is 11.1 Å². The highest BCUT2D eigenvalue weighted by atomic mass is 32.2. The third-order valence-corrected chi connectivity index (χ3v) is 6.54. The van der Waals surface area contributed by atoms with E-state index in [-0.39, 0.29) is 0 Å². The summed E-state index contributed by atoms with van der Waals surface area (Å²) in [7, 11) is 0. The van der Waals surface area contributed by atoms with Crippen LogP contribution < -0.4 is 0 Å². The Bertz CT molecular complexity index is 1310. The molecule has 0 radical (unpaired) electrons. The van der Waals surface area contributed by atoms with Crippen LogP contribution in [-0.4, -0.2) is 30.0 Å². The maximum absolute atomic E-state index is 4.70. The van der Waals surface area contributed by atoms with Gasteiger partial charge in [-0.2, -0.15) is 9.90 Å². The first kappa shape index (κ1) is 21.2. The molecular formula is C26H24N6S. The fraction of sp³-hybridized carbons (Fsp3) is 0.154. The van der Waals surface area contributed by atoms with Gasteiger partial charge in [0.1, 0.15) is 5.03 Å². The first-order chi connectivity index (χ1) is 16.3. The first-order valence-corrected chi connectivity index (χ1v) is 11.9. The molecule has 0 N–H and O–H groups in total. The molecular weight excluding hydrogens is 428 g/mol. The van der Waals surface area contributed by atoms with Crippen LogP contribution in [0.3, 0.4) is 0 Å². The van der Waals surface area contributed by atoms with Gasteiger partial charge >= 0.3 is 0 Å². The van der Waals surface area contributed by atoms with Gasteiger partial charge in [-0.1, -0.05) is 79.7 Å². The second-order valence-electron chi connectivity index (χ2n) is 7.70. The Morgan fingerprint density at radius 2 is 1.48 bits per heavy atom. The van der Waals surface area contributed by atoms with E-state index >= 15 is 0 Å². The second-order valence-corrected chi connectivity index (χ2v) is 8.66. The molecule has 0 saturated heterocycles. The van der Waals surface area contributed by atoms with Gasteiger partial charge in [0.05, 0.1) is 24.0 Å². The zero-order chi connectivity index (χ0) is 22.5. The summed E-state index contributed by atoms with van der Waals surface area (Å²) in [4.78, 5) is 1.63. The van der Waals surface area contributed by atoms with Crippen molar-refractivity contribution in [2.24, 2.45) is 0 Å². The summed E-state index contributed by atoms with van der Waals surface area (Å²) in [6, 6.07) is 29.1. The normalized spacial score (nSPS) is 11.1. The Labute approximate surface area is 197 Å². The molecule has 0 aliphatic carbocycles. The molecule has 0 saturated carbocycles. The van der Waals surface area contributed by atoms with Gasteiger partial charge in [0, 0.05) is 5.75 Å². The molecule has 33 heavy (non-hydrogen) atoms. The fourth-order valence-electron chi connectivity index (χ4n) is 3.58. The van der Waals surface area contributed by atoms with Crippen LogP contribution in [0.1, 0.15) is 23.6 Å². The van der Waals surface area contributed by atoms with Gasteiger partial charge in [-0.15, -0.1) is 22.0 Å². The Morgan fingerprint density at radius 1 is 0.788 bits per heavy atom. The summed E-state index contributed by atoms with van der Waals surface area (Å²) in [5.74, 6) is 1.41. The van der Waals surface area contributed by atoms with E-state index in [9.17, 15) is 0 Å². The lowest BCUT2D eigenvalue weighted by molar-refractivity contribution is 0.573. The van der Waals surface area contributed by atoms with Crippen LogP contribution in [0.5, 0.6) is 0 Å². The van der Waals surface area contributed by atoms with Gasteiger partial charge < -0.3 is 0 Å². The van der Waals surface area contributed by atoms with Crippen LogP contribution in [0.15, 0.2) is 96.2 Å². The van der Waals surface area contributed by atoms with E-state index in [0.29, 0.717) is 12.4 Å². The second kappa shape index (κ2) is 9.83. The van der Waals surface area contributed by atoms with Crippen molar-refractivity contribution in [1.82, 2.24) is 30.0 Å². The molecule has 0 aliphatic heterocycles. The monoisotopic (exact) mass is 452 g/mol. The molecule has 164 valence electrons. The molecule has 0 atom stereocenters. The topological polar surface area (TPSA) is 61.4 Å². The van der Waals surface area contributed by atoms with Crippen molar-refractivity contribution >= 4 is 11.8 Å². The SMILES string of the molecule is CCc1ccc(-n2ncc(-c3nnn(Cc4ccccc4)n3)c2SCc2ccccc2)cc1. The lowest BCUT2D eigenvalue weighted by Crippen LogP contribution is -2.03. The van der Waals surface area contributed by atoms with Gasteiger partial charge in [-0.3, -0.25) is 0 Å². The molecule has 0 bridgehead atoms. The van der Waals surface area contributed by atoms with E-state index in [4.69, 9.17) is 5.10 Å². The van der Waals surface area contributed by atoms with Gasteiger partial charge in [0.2, 0.25) is 5.82 Å². The summed E-state index contributed by atoms with van der Waals surface area (Å²) < 4.78 is 1.97. The number of rotatable bonds is 8. The molecule has 2 aromatic heterocycles. The highest BCUT2D eigenvalue weighted by molar-refractivity contribution is 7.98. The Balaban J connectivity index is 1.48. The van der Waals surface area contributed by atoms with E-state index in [1.807, 2.05) is 35.1 Å². The summed E-state index contributed by atoms with van der Waals surface area (Å²) >= 11 is 1.73. The number of hydrogen-bond acceptors (Lipinski definition) is 5. The molecule has 7 heteroatoms. The third kappa shape index (κ3) is 4.88. The number of aryl methyl sites for hydroxylation is 1. The van der Waals surface area contributed by atoms with E-state index < -0.39 is 0 Å². The summed E-state index contributed by atoms with van der Waals surface area (Å²) in [6.45, 7) is 2.74. The Hall–Kier alpha value is -3.71. The summed E-state index contributed by atoms with van der Waals surface area (Å²) in [5, 5.41) is 19.0. The van der Waals surface area contributed by atoms with Crippen LogP contribution in [0.2, 0.25) is 0 Å². The van der Waals surface area contributed by atoms with Crippen molar-refractivity contribution in [3.63, 3.8) is 0 Å². The molecule has 0 fully saturated rings. The molecule has 2 heterocycles. The zero-order valence-electron chi connectivity index (χ0n) is 18.4. The average molecular weight is 453 g/mol. The van der Waals surface area contributed by atoms with Gasteiger partial charge in [-0.05, 0) is 40.5 Å². The molecule has 0 amide bonds. The maximum Gasteiger partial charge on any atom is 0.209 e. The molecule has 6 nitrogen and oxygen atoms in total. The molecule has 0 spiro atoms. The molecule has 5 aromatic rings. The smallest absolute Gasteiger partial charge is 0.209 e. The Morgan fingerprint density at radius 3 is 2.18 bits per heavy atom. The van der Waals surface area contributed by atoms with E-state index in [0.717, 1.165) is 34.0 Å². The van der Waals surface area contributed by atoms with Gasteiger partial charge in [-0.25, -0.2) is 4.68 Å². The van der Waals surface area contributed by atoms with Crippen LogP contribution in [0, 0.1) is 0 Å². The lowest BCUT2D eigenvalue weighted by atomic mass is 10.1. The van der Waals surface area contributed by atoms with Crippen LogP contribution in [-0.2, 0) is 18.7 Å². The molecule has 0 aliphatic rings. The predicted octanol–water partition coefficient (Wildman–Crippen LogP) is 5.43. The third-order valence-electron chi connectivity index (χ3n) is 5.39. The zero-order valence-corrected chi connectivity index (χ0v) is 19.2.